The number of thiophene rings is 1. The van der Waals surface area contributed by atoms with Gasteiger partial charge in [0.25, 0.3) is 0 Å². The quantitative estimate of drug-likeness (QED) is 0.247. The molecule has 1 aliphatic heterocycles. The van der Waals surface area contributed by atoms with Crippen molar-refractivity contribution in [1.82, 2.24) is 9.55 Å². The van der Waals surface area contributed by atoms with Crippen LogP contribution in [0.2, 0.25) is 0 Å². The van der Waals surface area contributed by atoms with Crippen LogP contribution in [-0.4, -0.2) is 50.8 Å². The molecular formula is C19H19FN4O10S. The first-order valence-electron chi connectivity index (χ1n) is 9.91. The average molecular weight is 514 g/mol. The average Bonchev–Trinajstić information content (AvgIpc) is 3.35. The standard InChI is InChI=1S/C19H19FN4O10S/c1-8-14(33-9(2)25)15(34-10(3)26)17(32-8)23-6-12(20)16(21-18(23)27)22-19(28)31-7-11-4-5-13(35-11)24(29)30/h4-6,8,14-15,17H,7H2,1-3H3,(H,21,22,27,28)/t8-,14-,15-,17-/m1/s1. The highest BCUT2D eigenvalue weighted by Gasteiger charge is 2.48. The van der Waals surface area contributed by atoms with E-state index in [1.807, 2.05) is 5.32 Å². The first kappa shape index (κ1) is 25.7. The molecule has 0 unspecified atom stereocenters. The van der Waals surface area contributed by atoms with E-state index < -0.39 is 64.8 Å². The summed E-state index contributed by atoms with van der Waals surface area (Å²) in [6.07, 6.45) is -5.02. The molecule has 0 radical (unpaired) electrons. The number of ether oxygens (including phenoxy) is 4. The number of nitrogens with one attached hydrogen (secondary N) is 1. The van der Waals surface area contributed by atoms with Gasteiger partial charge in [-0.1, -0.05) is 11.3 Å². The summed E-state index contributed by atoms with van der Waals surface area (Å²) in [5.74, 6) is -3.34. The zero-order chi connectivity index (χ0) is 25.9. The van der Waals surface area contributed by atoms with Crippen LogP contribution in [0.1, 0.15) is 31.9 Å². The van der Waals surface area contributed by atoms with Gasteiger partial charge in [-0.25, -0.2) is 14.0 Å². The number of aromatic nitrogens is 2. The van der Waals surface area contributed by atoms with E-state index >= 15 is 0 Å². The first-order chi connectivity index (χ1) is 16.5. The van der Waals surface area contributed by atoms with Crippen molar-refractivity contribution in [2.75, 3.05) is 5.32 Å². The molecule has 0 spiro atoms. The number of halogens is 1. The predicted molar refractivity (Wildman–Crippen MR) is 114 cm³/mol. The molecule has 16 heteroatoms. The van der Waals surface area contributed by atoms with E-state index in [9.17, 15) is 33.7 Å². The van der Waals surface area contributed by atoms with Crippen LogP contribution >= 0.6 is 11.3 Å². The maximum atomic E-state index is 14.7. The van der Waals surface area contributed by atoms with Gasteiger partial charge >= 0.3 is 28.7 Å². The molecule has 1 N–H and O–H groups in total. The van der Waals surface area contributed by atoms with Crippen molar-refractivity contribution < 1.29 is 42.6 Å². The molecule has 0 aliphatic carbocycles. The summed E-state index contributed by atoms with van der Waals surface area (Å²) in [6.45, 7) is 3.41. The van der Waals surface area contributed by atoms with E-state index in [4.69, 9.17) is 18.9 Å². The number of nitro groups is 1. The third-order valence-electron chi connectivity index (χ3n) is 4.60. The Morgan fingerprint density at radius 3 is 2.51 bits per heavy atom. The number of carbonyl (C=O) groups is 3. The van der Waals surface area contributed by atoms with Gasteiger partial charge in [-0.2, -0.15) is 4.98 Å². The van der Waals surface area contributed by atoms with E-state index in [2.05, 4.69) is 4.98 Å². The Bertz CT molecular complexity index is 1210. The molecule has 1 saturated heterocycles. The molecular weight excluding hydrogens is 495 g/mol. The van der Waals surface area contributed by atoms with Crippen LogP contribution in [0.3, 0.4) is 0 Å². The monoisotopic (exact) mass is 514 g/mol. The van der Waals surface area contributed by atoms with Crippen molar-refractivity contribution >= 4 is 40.2 Å². The van der Waals surface area contributed by atoms with Crippen molar-refractivity contribution in [2.24, 2.45) is 0 Å². The van der Waals surface area contributed by atoms with Gasteiger partial charge in [0, 0.05) is 24.8 Å². The molecule has 3 heterocycles. The summed E-state index contributed by atoms with van der Waals surface area (Å²) in [5.41, 5.74) is -1.08. The highest BCUT2D eigenvalue weighted by molar-refractivity contribution is 7.15. The maximum Gasteiger partial charge on any atom is 0.413 e. The topological polar surface area (TPSA) is 178 Å². The summed E-state index contributed by atoms with van der Waals surface area (Å²) >= 11 is 0.791. The van der Waals surface area contributed by atoms with Gasteiger partial charge in [0.15, 0.2) is 30.1 Å². The molecule has 188 valence electrons. The van der Waals surface area contributed by atoms with E-state index in [0.717, 1.165) is 25.2 Å². The molecule has 2 aromatic heterocycles. The van der Waals surface area contributed by atoms with Crippen LogP contribution in [0.25, 0.3) is 0 Å². The number of nitrogens with zero attached hydrogens (tertiary/aromatic N) is 3. The SMILES string of the molecule is CC(=O)O[C@@H]1[C@H](OC(C)=O)[C@@H](C)O[C@H]1n1cc(F)c(NC(=O)OCc2ccc([N+](=O)[O-])s2)nc1=O. The van der Waals surface area contributed by atoms with Gasteiger partial charge in [0.2, 0.25) is 0 Å². The van der Waals surface area contributed by atoms with E-state index in [1.165, 1.54) is 19.1 Å². The lowest BCUT2D eigenvalue weighted by molar-refractivity contribution is -0.380. The van der Waals surface area contributed by atoms with Gasteiger partial charge in [-0.05, 0) is 13.0 Å². The van der Waals surface area contributed by atoms with Crippen molar-refractivity contribution in [3.05, 3.63) is 49.6 Å². The number of amides is 1. The molecule has 35 heavy (non-hydrogen) atoms. The van der Waals surface area contributed by atoms with Crippen molar-refractivity contribution in [3.63, 3.8) is 0 Å². The summed E-state index contributed by atoms with van der Waals surface area (Å²) in [7, 11) is 0. The lowest BCUT2D eigenvalue weighted by Gasteiger charge is -2.23. The molecule has 0 bridgehead atoms. The zero-order valence-electron chi connectivity index (χ0n) is 18.5. The smallest absolute Gasteiger partial charge is 0.413 e. The summed E-state index contributed by atoms with van der Waals surface area (Å²) in [6, 6.07) is 2.63. The molecule has 2 aromatic rings. The maximum absolute atomic E-state index is 14.7. The van der Waals surface area contributed by atoms with Gasteiger partial charge in [0.1, 0.15) is 6.61 Å². The summed E-state index contributed by atoms with van der Waals surface area (Å²) in [5, 5.41) is 12.5. The number of rotatable bonds is 7. The van der Waals surface area contributed by atoms with Crippen LogP contribution in [-0.2, 0) is 35.1 Å². The number of carbonyl (C=O) groups excluding carboxylic acids is 3. The molecule has 4 atom stereocenters. The van der Waals surface area contributed by atoms with Gasteiger partial charge in [-0.3, -0.25) is 29.6 Å². The van der Waals surface area contributed by atoms with Crippen LogP contribution in [0.4, 0.5) is 20.0 Å². The highest BCUT2D eigenvalue weighted by Crippen LogP contribution is 2.33. The number of hydrogen-bond acceptors (Lipinski definition) is 12. The van der Waals surface area contributed by atoms with Crippen LogP contribution in [0, 0.1) is 15.9 Å². The van der Waals surface area contributed by atoms with Crippen LogP contribution in [0.5, 0.6) is 0 Å². The predicted octanol–water partition coefficient (Wildman–Crippen LogP) is 1.88. The number of hydrogen-bond donors (Lipinski definition) is 1. The number of anilines is 1. The fourth-order valence-electron chi connectivity index (χ4n) is 3.23. The minimum absolute atomic E-state index is 0.147. The third kappa shape index (κ3) is 6.15. The molecule has 0 aromatic carbocycles. The molecule has 3 rings (SSSR count). The normalized spacial score (nSPS) is 21.3. The second-order valence-electron chi connectivity index (χ2n) is 7.21. The fraction of sp³-hybridized carbons (Fsp3) is 0.421. The van der Waals surface area contributed by atoms with E-state index in [0.29, 0.717) is 15.6 Å². The summed E-state index contributed by atoms with van der Waals surface area (Å²) in [4.78, 5) is 61.5. The Morgan fingerprint density at radius 2 is 1.91 bits per heavy atom. The fourth-order valence-corrected chi connectivity index (χ4v) is 3.96. The summed E-state index contributed by atoms with van der Waals surface area (Å²) < 4.78 is 36.1. The molecule has 14 nitrogen and oxygen atoms in total. The Morgan fingerprint density at radius 1 is 1.26 bits per heavy atom. The molecule has 0 saturated carbocycles. The van der Waals surface area contributed by atoms with Crippen LogP contribution in [0.15, 0.2) is 23.1 Å². The Hall–Kier alpha value is -3.92. The second-order valence-corrected chi connectivity index (χ2v) is 8.35. The van der Waals surface area contributed by atoms with Crippen molar-refractivity contribution in [3.8, 4) is 0 Å². The van der Waals surface area contributed by atoms with Crippen LogP contribution < -0.4 is 11.0 Å². The molecule has 1 aliphatic rings. The van der Waals surface area contributed by atoms with Gasteiger partial charge < -0.3 is 18.9 Å². The van der Waals surface area contributed by atoms with Crippen molar-refractivity contribution in [1.29, 1.82) is 0 Å². The Labute approximate surface area is 199 Å². The van der Waals surface area contributed by atoms with E-state index in [1.54, 1.807) is 0 Å². The van der Waals surface area contributed by atoms with E-state index in [-0.39, 0.29) is 11.6 Å². The Kier molecular flexibility index (Phi) is 7.75. The third-order valence-corrected chi connectivity index (χ3v) is 5.61. The second kappa shape index (κ2) is 10.6. The van der Waals surface area contributed by atoms with Gasteiger partial charge in [-0.15, -0.1) is 0 Å². The first-order valence-corrected chi connectivity index (χ1v) is 10.7. The lowest BCUT2D eigenvalue weighted by Crippen LogP contribution is -2.40. The lowest BCUT2D eigenvalue weighted by atomic mass is 10.1. The Balaban J connectivity index is 1.75. The van der Waals surface area contributed by atoms with Crippen molar-refractivity contribution in [2.45, 2.75) is 51.9 Å². The highest BCUT2D eigenvalue weighted by atomic mass is 32.1. The van der Waals surface area contributed by atoms with Gasteiger partial charge in [0.05, 0.1) is 17.2 Å². The molecule has 1 fully saturated rings. The number of esters is 2. The largest absolute Gasteiger partial charge is 0.456 e. The molecule has 1 amide bonds. The minimum atomic E-state index is -1.37. The zero-order valence-corrected chi connectivity index (χ0v) is 19.3. The minimum Gasteiger partial charge on any atom is -0.456 e.